The molecule has 1 amide bonds. The predicted molar refractivity (Wildman–Crippen MR) is 123 cm³/mol. The average molecular weight is 430 g/mol. The van der Waals surface area contributed by atoms with E-state index in [1.165, 1.54) is 11.0 Å². The molecule has 31 heavy (non-hydrogen) atoms. The number of anilines is 1. The van der Waals surface area contributed by atoms with Crippen molar-refractivity contribution in [2.75, 3.05) is 4.90 Å². The molecule has 0 radical (unpaired) electrons. The maximum absolute atomic E-state index is 13.2. The molecule has 0 aromatic heterocycles. The van der Waals surface area contributed by atoms with E-state index in [0.29, 0.717) is 16.3 Å². The molecule has 5 heteroatoms. The minimum Gasteiger partial charge on any atom is -0.503 e. The zero-order valence-electron chi connectivity index (χ0n) is 16.8. The van der Waals surface area contributed by atoms with E-state index in [1.54, 1.807) is 36.4 Å². The highest BCUT2D eigenvalue weighted by molar-refractivity contribution is 6.30. The fourth-order valence-corrected chi connectivity index (χ4v) is 3.81. The Labute approximate surface area is 185 Å². The number of nitrogens with zero attached hydrogens (tertiary/aromatic N) is 1. The van der Waals surface area contributed by atoms with Gasteiger partial charge >= 0.3 is 0 Å². The van der Waals surface area contributed by atoms with Gasteiger partial charge in [0.05, 0.1) is 11.6 Å². The second kappa shape index (κ2) is 8.62. The van der Waals surface area contributed by atoms with Gasteiger partial charge in [-0.2, -0.15) is 0 Å². The number of allylic oxidation sites excluding steroid dienone is 1. The largest absolute Gasteiger partial charge is 0.503 e. The molecule has 3 aromatic carbocycles. The van der Waals surface area contributed by atoms with E-state index >= 15 is 0 Å². The molecule has 0 bridgehead atoms. The van der Waals surface area contributed by atoms with Crippen LogP contribution in [0.4, 0.5) is 5.69 Å². The number of ketones is 1. The number of carbonyl (C=O) groups excluding carboxylic acids is 2. The first-order valence-electron chi connectivity index (χ1n) is 9.82. The second-order valence-electron chi connectivity index (χ2n) is 7.34. The van der Waals surface area contributed by atoms with Crippen LogP contribution in [0.15, 0.2) is 96.3 Å². The van der Waals surface area contributed by atoms with Crippen LogP contribution in [0.2, 0.25) is 5.02 Å². The first kappa shape index (κ1) is 20.6. The molecular weight excluding hydrogens is 410 g/mol. The Kier molecular flexibility index (Phi) is 5.74. The Morgan fingerprint density at radius 3 is 2.39 bits per heavy atom. The molecule has 0 spiro atoms. The normalized spacial score (nSPS) is 16.4. The lowest BCUT2D eigenvalue weighted by atomic mass is 9.95. The number of halogens is 1. The average Bonchev–Trinajstić information content (AvgIpc) is 3.04. The van der Waals surface area contributed by atoms with E-state index in [1.807, 2.05) is 55.5 Å². The summed E-state index contributed by atoms with van der Waals surface area (Å²) in [5.41, 5.74) is 3.13. The minimum atomic E-state index is -0.764. The number of hydrogen-bond donors (Lipinski definition) is 1. The molecular formula is C26H20ClNO3. The predicted octanol–water partition coefficient (Wildman–Crippen LogP) is 5.83. The first-order valence-corrected chi connectivity index (χ1v) is 10.2. The molecule has 0 aliphatic carbocycles. The van der Waals surface area contributed by atoms with E-state index in [9.17, 15) is 14.7 Å². The van der Waals surface area contributed by atoms with Crippen LogP contribution in [0.3, 0.4) is 0 Å². The quantitative estimate of drug-likeness (QED) is 0.519. The van der Waals surface area contributed by atoms with Crippen molar-refractivity contribution in [1.82, 2.24) is 0 Å². The zero-order valence-corrected chi connectivity index (χ0v) is 17.6. The van der Waals surface area contributed by atoms with Gasteiger partial charge in [0.25, 0.3) is 5.91 Å². The molecule has 0 unspecified atom stereocenters. The van der Waals surface area contributed by atoms with Gasteiger partial charge in [0, 0.05) is 10.7 Å². The monoisotopic (exact) mass is 429 g/mol. The first-order chi connectivity index (χ1) is 15.0. The molecule has 4 rings (SSSR count). The van der Waals surface area contributed by atoms with Gasteiger partial charge < -0.3 is 5.11 Å². The zero-order chi connectivity index (χ0) is 22.0. The van der Waals surface area contributed by atoms with Crippen molar-refractivity contribution in [2.45, 2.75) is 13.0 Å². The van der Waals surface area contributed by atoms with Crippen LogP contribution in [-0.4, -0.2) is 16.8 Å². The number of aliphatic hydroxyl groups excluding tert-OH is 1. The summed E-state index contributed by atoms with van der Waals surface area (Å²) in [6, 6.07) is 22.9. The highest BCUT2D eigenvalue weighted by atomic mass is 35.5. The number of hydrogen-bond acceptors (Lipinski definition) is 3. The molecule has 1 N–H and O–H groups in total. The third-order valence-corrected chi connectivity index (χ3v) is 5.42. The van der Waals surface area contributed by atoms with Gasteiger partial charge in [0.2, 0.25) is 0 Å². The third kappa shape index (κ3) is 4.16. The maximum Gasteiger partial charge on any atom is 0.294 e. The lowest BCUT2D eigenvalue weighted by molar-refractivity contribution is -0.117. The summed E-state index contributed by atoms with van der Waals surface area (Å²) < 4.78 is 0. The summed E-state index contributed by atoms with van der Waals surface area (Å²) in [5, 5.41) is 11.3. The fourth-order valence-electron chi connectivity index (χ4n) is 3.69. The van der Waals surface area contributed by atoms with Crippen molar-refractivity contribution in [3.8, 4) is 0 Å². The van der Waals surface area contributed by atoms with Gasteiger partial charge in [-0.1, -0.05) is 72.3 Å². The standard InChI is InChI=1S/C26H20ClNO3/c1-17-6-5-9-21(16-17)28-24(19-11-13-20(27)14-12-19)23(25(30)26(28)31)22(29)15-10-18-7-3-2-4-8-18/h2-16,24,30H,1H3/b15-10+/t24-/m0/s1. The number of benzene rings is 3. The summed E-state index contributed by atoms with van der Waals surface area (Å²) in [5.74, 6) is -1.57. The van der Waals surface area contributed by atoms with Gasteiger partial charge in [0.1, 0.15) is 0 Å². The van der Waals surface area contributed by atoms with Crippen LogP contribution in [0.5, 0.6) is 0 Å². The number of rotatable bonds is 5. The summed E-state index contributed by atoms with van der Waals surface area (Å²) in [6.45, 7) is 1.92. The van der Waals surface area contributed by atoms with Gasteiger partial charge in [-0.25, -0.2) is 0 Å². The Bertz CT molecular complexity index is 1200. The summed E-state index contributed by atoms with van der Waals surface area (Å²) in [6.07, 6.45) is 3.05. The van der Waals surface area contributed by atoms with Crippen LogP contribution >= 0.6 is 11.6 Å². The van der Waals surface area contributed by atoms with Gasteiger partial charge in [-0.15, -0.1) is 0 Å². The molecule has 154 valence electrons. The molecule has 0 saturated heterocycles. The van der Waals surface area contributed by atoms with Crippen LogP contribution in [0, 0.1) is 6.92 Å². The molecule has 0 fully saturated rings. The Balaban J connectivity index is 1.79. The molecule has 1 aliphatic rings. The van der Waals surface area contributed by atoms with Crippen LogP contribution < -0.4 is 4.90 Å². The number of carbonyl (C=O) groups is 2. The molecule has 1 atom stereocenters. The highest BCUT2D eigenvalue weighted by Crippen LogP contribution is 2.41. The SMILES string of the molecule is Cc1cccc(N2C(=O)C(O)=C(C(=O)/C=C/c3ccccc3)[C@@H]2c2ccc(Cl)cc2)c1. The third-order valence-electron chi connectivity index (χ3n) is 5.17. The lowest BCUT2D eigenvalue weighted by Gasteiger charge is -2.27. The highest BCUT2D eigenvalue weighted by Gasteiger charge is 2.43. The topological polar surface area (TPSA) is 57.6 Å². The summed E-state index contributed by atoms with van der Waals surface area (Å²) in [7, 11) is 0. The van der Waals surface area contributed by atoms with Crippen molar-refractivity contribution in [3.63, 3.8) is 0 Å². The number of aliphatic hydroxyl groups is 1. The van der Waals surface area contributed by atoms with Gasteiger partial charge in [0.15, 0.2) is 11.5 Å². The van der Waals surface area contributed by atoms with Crippen molar-refractivity contribution in [1.29, 1.82) is 0 Å². The molecule has 4 nitrogen and oxygen atoms in total. The van der Waals surface area contributed by atoms with E-state index in [4.69, 9.17) is 11.6 Å². The Morgan fingerprint density at radius 1 is 1.00 bits per heavy atom. The smallest absolute Gasteiger partial charge is 0.294 e. The van der Waals surface area contributed by atoms with E-state index in [-0.39, 0.29) is 5.57 Å². The lowest BCUT2D eigenvalue weighted by Crippen LogP contribution is -2.30. The number of amides is 1. The minimum absolute atomic E-state index is 0.0426. The summed E-state index contributed by atoms with van der Waals surface area (Å²) >= 11 is 6.05. The molecule has 1 heterocycles. The van der Waals surface area contributed by atoms with E-state index in [2.05, 4.69) is 0 Å². The Morgan fingerprint density at radius 2 is 1.71 bits per heavy atom. The molecule has 3 aromatic rings. The van der Waals surface area contributed by atoms with Gasteiger partial charge in [-0.05, 0) is 54.0 Å². The summed E-state index contributed by atoms with van der Waals surface area (Å²) in [4.78, 5) is 27.7. The van der Waals surface area contributed by atoms with E-state index in [0.717, 1.165) is 11.1 Å². The molecule has 0 saturated carbocycles. The van der Waals surface area contributed by atoms with Crippen LogP contribution in [0.1, 0.15) is 22.7 Å². The van der Waals surface area contributed by atoms with Crippen LogP contribution in [0.25, 0.3) is 6.08 Å². The van der Waals surface area contributed by atoms with Crippen molar-refractivity contribution in [3.05, 3.63) is 118 Å². The number of aryl methyl sites for hydroxylation is 1. The van der Waals surface area contributed by atoms with Crippen molar-refractivity contribution >= 4 is 35.1 Å². The fraction of sp³-hybridized carbons (Fsp3) is 0.0769. The van der Waals surface area contributed by atoms with Gasteiger partial charge in [-0.3, -0.25) is 14.5 Å². The molecule has 1 aliphatic heterocycles. The van der Waals surface area contributed by atoms with E-state index < -0.39 is 23.5 Å². The maximum atomic E-state index is 13.2. The van der Waals surface area contributed by atoms with Crippen molar-refractivity contribution in [2.24, 2.45) is 0 Å². The second-order valence-corrected chi connectivity index (χ2v) is 7.78. The van der Waals surface area contributed by atoms with Crippen LogP contribution in [-0.2, 0) is 9.59 Å². The van der Waals surface area contributed by atoms with Crippen molar-refractivity contribution < 1.29 is 14.7 Å². The Hall–Kier alpha value is -3.63.